The van der Waals surface area contributed by atoms with Crippen molar-refractivity contribution in [3.63, 3.8) is 0 Å². The van der Waals surface area contributed by atoms with Crippen molar-refractivity contribution in [1.82, 2.24) is 9.97 Å². The molecule has 0 N–H and O–H groups in total. The van der Waals surface area contributed by atoms with Gasteiger partial charge in [0.25, 0.3) is 0 Å². The van der Waals surface area contributed by atoms with Crippen molar-refractivity contribution in [2.24, 2.45) is 5.92 Å². The molecule has 26 heavy (non-hydrogen) atoms. The molecular weight excluding hydrogens is 320 g/mol. The van der Waals surface area contributed by atoms with E-state index in [9.17, 15) is 0 Å². The van der Waals surface area contributed by atoms with E-state index in [4.69, 9.17) is 9.40 Å². The molecule has 4 aromatic rings. The second kappa shape index (κ2) is 6.56. The Bertz CT molecular complexity index is 1070. The molecule has 0 aliphatic heterocycles. The molecule has 3 heterocycles. The summed E-state index contributed by atoms with van der Waals surface area (Å²) < 4.78 is 6.25. The highest BCUT2D eigenvalue weighted by atomic mass is 16.3. The molecule has 0 bridgehead atoms. The van der Waals surface area contributed by atoms with Gasteiger partial charge in [-0.05, 0) is 55.0 Å². The fourth-order valence-corrected chi connectivity index (χ4v) is 3.49. The maximum absolute atomic E-state index is 6.25. The van der Waals surface area contributed by atoms with Crippen molar-refractivity contribution >= 4 is 22.1 Å². The van der Waals surface area contributed by atoms with Crippen LogP contribution < -0.4 is 0 Å². The largest absolute Gasteiger partial charge is 0.437 e. The van der Waals surface area contributed by atoms with Crippen LogP contribution >= 0.6 is 0 Å². The molecule has 0 atom stereocenters. The lowest BCUT2D eigenvalue weighted by Gasteiger charge is -2.06. The van der Waals surface area contributed by atoms with Gasteiger partial charge in [0.05, 0.1) is 5.69 Å². The van der Waals surface area contributed by atoms with Gasteiger partial charge < -0.3 is 4.42 Å². The molecule has 3 heteroatoms. The van der Waals surface area contributed by atoms with Crippen LogP contribution in [-0.2, 0) is 12.8 Å². The van der Waals surface area contributed by atoms with E-state index in [1.165, 1.54) is 5.56 Å². The molecule has 0 saturated carbocycles. The third-order valence-electron chi connectivity index (χ3n) is 4.88. The number of furan rings is 1. The number of benzene rings is 1. The SMILES string of the molecule is CCc1ccc(-c2c(C)ccc3c2oc2nc(CC(C)C)ccc23)nc1. The Morgan fingerprint density at radius 3 is 2.50 bits per heavy atom. The number of rotatable bonds is 4. The molecule has 3 aromatic heterocycles. The molecule has 0 amide bonds. The van der Waals surface area contributed by atoms with E-state index in [-0.39, 0.29) is 0 Å². The number of aromatic nitrogens is 2. The Morgan fingerprint density at radius 2 is 1.81 bits per heavy atom. The first kappa shape index (κ1) is 16.8. The molecule has 0 fully saturated rings. The summed E-state index contributed by atoms with van der Waals surface area (Å²) in [6, 6.07) is 12.8. The Morgan fingerprint density at radius 1 is 1.00 bits per heavy atom. The van der Waals surface area contributed by atoms with Gasteiger partial charge in [0.15, 0.2) is 0 Å². The predicted octanol–water partition coefficient (Wildman–Crippen LogP) is 6.11. The average Bonchev–Trinajstić information content (AvgIpc) is 2.98. The van der Waals surface area contributed by atoms with Crippen LogP contribution in [0.3, 0.4) is 0 Å². The van der Waals surface area contributed by atoms with Crippen LogP contribution in [-0.4, -0.2) is 9.97 Å². The Kier molecular flexibility index (Phi) is 4.23. The van der Waals surface area contributed by atoms with Crippen molar-refractivity contribution in [1.29, 1.82) is 0 Å². The Hall–Kier alpha value is -2.68. The first-order valence-electron chi connectivity index (χ1n) is 9.34. The summed E-state index contributed by atoms with van der Waals surface area (Å²) in [5, 5.41) is 2.17. The first-order valence-corrected chi connectivity index (χ1v) is 9.34. The van der Waals surface area contributed by atoms with Gasteiger partial charge in [0.1, 0.15) is 5.58 Å². The standard InChI is InChI=1S/C23H24N2O/c1-5-16-7-11-20(24-13-16)21-15(4)6-9-18-19-10-8-17(12-14(2)3)25-23(19)26-22(18)21/h6-11,13-14H,5,12H2,1-4H3. The third kappa shape index (κ3) is 2.88. The van der Waals surface area contributed by atoms with Crippen LogP contribution in [0.5, 0.6) is 0 Å². The number of hydrogen-bond donors (Lipinski definition) is 0. The van der Waals surface area contributed by atoms with E-state index in [1.807, 2.05) is 6.20 Å². The van der Waals surface area contributed by atoms with Crippen molar-refractivity contribution in [2.75, 3.05) is 0 Å². The van der Waals surface area contributed by atoms with Crippen LogP contribution in [0.4, 0.5) is 0 Å². The quantitative estimate of drug-likeness (QED) is 0.448. The van der Waals surface area contributed by atoms with Gasteiger partial charge in [-0.3, -0.25) is 4.98 Å². The predicted molar refractivity (Wildman–Crippen MR) is 107 cm³/mol. The number of nitrogens with zero attached hydrogens (tertiary/aromatic N) is 2. The van der Waals surface area contributed by atoms with Crippen LogP contribution in [0.25, 0.3) is 33.3 Å². The maximum Gasteiger partial charge on any atom is 0.227 e. The van der Waals surface area contributed by atoms with Gasteiger partial charge >= 0.3 is 0 Å². The third-order valence-corrected chi connectivity index (χ3v) is 4.88. The highest BCUT2D eigenvalue weighted by Crippen LogP contribution is 2.36. The summed E-state index contributed by atoms with van der Waals surface area (Å²) in [4.78, 5) is 9.43. The zero-order chi connectivity index (χ0) is 18.3. The molecule has 3 nitrogen and oxygen atoms in total. The lowest BCUT2D eigenvalue weighted by atomic mass is 10.0. The average molecular weight is 344 g/mol. The smallest absolute Gasteiger partial charge is 0.227 e. The molecule has 0 spiro atoms. The van der Waals surface area contributed by atoms with Crippen molar-refractivity contribution in [3.05, 3.63) is 59.4 Å². The molecule has 1 aromatic carbocycles. The minimum Gasteiger partial charge on any atom is -0.437 e. The first-order chi connectivity index (χ1) is 12.6. The fraction of sp³-hybridized carbons (Fsp3) is 0.304. The number of fused-ring (bicyclic) bond motifs is 3. The van der Waals surface area contributed by atoms with Gasteiger partial charge in [0.2, 0.25) is 5.71 Å². The molecular formula is C23H24N2O. The minimum atomic E-state index is 0.573. The summed E-state index contributed by atoms with van der Waals surface area (Å²) in [5.41, 5.74) is 7.09. The van der Waals surface area contributed by atoms with E-state index in [0.717, 1.165) is 57.4 Å². The Balaban J connectivity index is 1.92. The highest BCUT2D eigenvalue weighted by Gasteiger charge is 2.16. The summed E-state index contributed by atoms with van der Waals surface area (Å²) in [6.45, 7) is 8.66. The van der Waals surface area contributed by atoms with Gasteiger partial charge in [0, 0.05) is 28.2 Å². The lowest BCUT2D eigenvalue weighted by molar-refractivity contribution is 0.621. The second-order valence-corrected chi connectivity index (χ2v) is 7.39. The second-order valence-electron chi connectivity index (χ2n) is 7.39. The summed E-state index contributed by atoms with van der Waals surface area (Å²) in [7, 11) is 0. The van der Waals surface area contributed by atoms with Crippen molar-refractivity contribution < 1.29 is 4.42 Å². The number of aryl methyl sites for hydroxylation is 2. The minimum absolute atomic E-state index is 0.573. The monoisotopic (exact) mass is 344 g/mol. The van der Waals surface area contributed by atoms with E-state index < -0.39 is 0 Å². The van der Waals surface area contributed by atoms with Crippen molar-refractivity contribution in [2.45, 2.75) is 40.5 Å². The summed E-state index contributed by atoms with van der Waals surface area (Å²) in [6.07, 6.45) is 3.90. The van der Waals surface area contributed by atoms with Gasteiger partial charge in [-0.15, -0.1) is 0 Å². The topological polar surface area (TPSA) is 38.9 Å². The molecule has 0 aliphatic rings. The fourth-order valence-electron chi connectivity index (χ4n) is 3.49. The van der Waals surface area contributed by atoms with Gasteiger partial charge in [-0.2, -0.15) is 0 Å². The summed E-state index contributed by atoms with van der Waals surface area (Å²) in [5.74, 6) is 0.573. The van der Waals surface area contributed by atoms with E-state index in [1.54, 1.807) is 0 Å². The normalized spacial score (nSPS) is 11.7. The number of pyridine rings is 2. The Labute approximate surface area is 154 Å². The number of hydrogen-bond acceptors (Lipinski definition) is 3. The molecule has 0 radical (unpaired) electrons. The zero-order valence-electron chi connectivity index (χ0n) is 15.8. The maximum atomic E-state index is 6.25. The van der Waals surface area contributed by atoms with E-state index >= 15 is 0 Å². The van der Waals surface area contributed by atoms with E-state index in [0.29, 0.717) is 5.92 Å². The molecule has 0 aliphatic carbocycles. The van der Waals surface area contributed by atoms with Crippen LogP contribution in [0, 0.1) is 12.8 Å². The highest BCUT2D eigenvalue weighted by molar-refractivity contribution is 6.08. The lowest BCUT2D eigenvalue weighted by Crippen LogP contribution is -1.96. The van der Waals surface area contributed by atoms with Crippen LogP contribution in [0.2, 0.25) is 0 Å². The van der Waals surface area contributed by atoms with Crippen LogP contribution in [0.1, 0.15) is 37.6 Å². The molecule has 4 rings (SSSR count). The van der Waals surface area contributed by atoms with Gasteiger partial charge in [-0.25, -0.2) is 4.98 Å². The summed E-state index contributed by atoms with van der Waals surface area (Å²) >= 11 is 0. The van der Waals surface area contributed by atoms with Crippen LogP contribution in [0.15, 0.2) is 47.0 Å². The van der Waals surface area contributed by atoms with Gasteiger partial charge in [-0.1, -0.05) is 39.0 Å². The molecule has 0 saturated heterocycles. The molecule has 132 valence electrons. The zero-order valence-corrected chi connectivity index (χ0v) is 15.8. The molecule has 0 unspecified atom stereocenters. The van der Waals surface area contributed by atoms with Crippen molar-refractivity contribution in [3.8, 4) is 11.3 Å². The van der Waals surface area contributed by atoms with E-state index in [2.05, 4.69) is 69.1 Å².